The van der Waals surface area contributed by atoms with Crippen molar-refractivity contribution in [1.82, 2.24) is 0 Å². The lowest BCUT2D eigenvalue weighted by Crippen LogP contribution is -1.90. The summed E-state index contributed by atoms with van der Waals surface area (Å²) in [5, 5.41) is 19.5. The number of nitro groups is 1. The summed E-state index contributed by atoms with van der Waals surface area (Å²) in [4.78, 5) is 9.79. The highest BCUT2D eigenvalue weighted by Crippen LogP contribution is 2.25. The molecule has 0 spiro atoms. The number of phenols is 1. The molecule has 0 aliphatic carbocycles. The van der Waals surface area contributed by atoms with Crippen molar-refractivity contribution in [2.24, 2.45) is 0 Å². The number of aromatic hydroxyl groups is 1. The number of nitrogens with zero attached hydrogens (tertiary/aromatic N) is 1. The summed E-state index contributed by atoms with van der Waals surface area (Å²) in [6.07, 6.45) is 0. The Hall–Kier alpha value is -1.58. The van der Waals surface area contributed by atoms with Gasteiger partial charge in [0.1, 0.15) is 5.75 Å². The second kappa shape index (κ2) is 2.81. The molecule has 4 nitrogen and oxygen atoms in total. The van der Waals surface area contributed by atoms with Gasteiger partial charge in [0.05, 0.1) is 11.0 Å². The number of nitro benzene ring substituents is 1. The lowest BCUT2D eigenvalue weighted by molar-refractivity contribution is -0.385. The van der Waals surface area contributed by atoms with Crippen molar-refractivity contribution in [2.75, 3.05) is 0 Å². The molecule has 0 aliphatic rings. The topological polar surface area (TPSA) is 63.4 Å². The smallest absolute Gasteiger partial charge is 0.273 e. The molecule has 0 radical (unpaired) electrons. The van der Waals surface area contributed by atoms with E-state index in [2.05, 4.69) is 0 Å². The molecule has 0 saturated heterocycles. The molecule has 1 aromatic rings. The summed E-state index contributed by atoms with van der Waals surface area (Å²) in [5.74, 6) is -0.0262. The average molecular weight is 167 g/mol. The van der Waals surface area contributed by atoms with Crippen LogP contribution in [0.4, 0.5) is 5.69 Å². The lowest BCUT2D eigenvalue weighted by Gasteiger charge is -2.01. The van der Waals surface area contributed by atoms with Gasteiger partial charge in [-0.2, -0.15) is 0 Å². The normalized spacial score (nSPS) is 9.83. The van der Waals surface area contributed by atoms with Crippen LogP contribution in [0.3, 0.4) is 0 Å². The largest absolute Gasteiger partial charge is 0.507 e. The second-order valence-corrected chi connectivity index (χ2v) is 2.66. The van der Waals surface area contributed by atoms with Crippen LogP contribution in [-0.4, -0.2) is 10.0 Å². The van der Waals surface area contributed by atoms with Gasteiger partial charge in [0.2, 0.25) is 0 Å². The second-order valence-electron chi connectivity index (χ2n) is 2.66. The Morgan fingerprint density at radius 2 is 2.00 bits per heavy atom. The third-order valence-electron chi connectivity index (χ3n) is 1.84. The first-order valence-corrected chi connectivity index (χ1v) is 3.47. The number of phenolic OH excluding ortho intramolecular Hbond substituents is 1. The van der Waals surface area contributed by atoms with Gasteiger partial charge in [-0.15, -0.1) is 0 Å². The van der Waals surface area contributed by atoms with Crippen molar-refractivity contribution in [3.8, 4) is 5.75 Å². The van der Waals surface area contributed by atoms with E-state index in [0.29, 0.717) is 5.56 Å². The van der Waals surface area contributed by atoms with Crippen LogP contribution in [0.2, 0.25) is 0 Å². The van der Waals surface area contributed by atoms with E-state index in [1.807, 2.05) is 0 Å². The Morgan fingerprint density at radius 1 is 1.42 bits per heavy atom. The van der Waals surface area contributed by atoms with Crippen LogP contribution in [0, 0.1) is 24.0 Å². The van der Waals surface area contributed by atoms with Gasteiger partial charge in [0.25, 0.3) is 5.69 Å². The van der Waals surface area contributed by atoms with Crippen LogP contribution in [0.5, 0.6) is 5.75 Å². The van der Waals surface area contributed by atoms with Crippen molar-refractivity contribution < 1.29 is 10.0 Å². The maximum Gasteiger partial charge on any atom is 0.273 e. The maximum atomic E-state index is 10.3. The molecule has 0 fully saturated rings. The molecule has 0 aromatic heterocycles. The molecule has 0 heterocycles. The van der Waals surface area contributed by atoms with E-state index in [1.54, 1.807) is 13.8 Å². The summed E-state index contributed by atoms with van der Waals surface area (Å²) in [7, 11) is 0. The molecule has 12 heavy (non-hydrogen) atoms. The van der Waals surface area contributed by atoms with Crippen LogP contribution in [-0.2, 0) is 0 Å². The van der Waals surface area contributed by atoms with Gasteiger partial charge in [-0.1, -0.05) is 0 Å². The molecular weight excluding hydrogens is 158 g/mol. The van der Waals surface area contributed by atoms with Crippen LogP contribution in [0.15, 0.2) is 12.1 Å². The molecule has 0 saturated carbocycles. The summed E-state index contributed by atoms with van der Waals surface area (Å²) in [6, 6.07) is 2.59. The predicted molar refractivity (Wildman–Crippen MR) is 44.2 cm³/mol. The van der Waals surface area contributed by atoms with E-state index in [0.717, 1.165) is 11.6 Å². The summed E-state index contributed by atoms with van der Waals surface area (Å²) < 4.78 is 0. The molecule has 1 N–H and O–H groups in total. The van der Waals surface area contributed by atoms with Gasteiger partial charge in [0, 0.05) is 6.07 Å². The van der Waals surface area contributed by atoms with Gasteiger partial charge in [0.15, 0.2) is 0 Å². The fourth-order valence-corrected chi connectivity index (χ4v) is 0.927. The Balaban J connectivity index is 3.31. The standard InChI is InChI=1S/C8H9NO3/c1-5-3-7(9(11)12)4-8(10)6(5)2/h3-4,10H,1-2H3. The van der Waals surface area contributed by atoms with Crippen molar-refractivity contribution in [2.45, 2.75) is 13.8 Å². The third kappa shape index (κ3) is 1.37. The Kier molecular flexibility index (Phi) is 1.99. The minimum atomic E-state index is -0.522. The number of rotatable bonds is 1. The zero-order valence-corrected chi connectivity index (χ0v) is 6.87. The van der Waals surface area contributed by atoms with Gasteiger partial charge in [-0.05, 0) is 25.0 Å². The number of non-ortho nitro benzene ring substituents is 1. The Morgan fingerprint density at radius 3 is 2.42 bits per heavy atom. The minimum Gasteiger partial charge on any atom is -0.507 e. The monoisotopic (exact) mass is 167 g/mol. The molecule has 0 amide bonds. The van der Waals surface area contributed by atoms with Gasteiger partial charge in [-0.3, -0.25) is 10.1 Å². The zero-order chi connectivity index (χ0) is 9.30. The zero-order valence-electron chi connectivity index (χ0n) is 6.87. The molecule has 0 unspecified atom stereocenters. The Bertz CT molecular complexity index is 310. The SMILES string of the molecule is Cc1cc([N+](=O)[O-])cc(O)c1C. The first kappa shape index (κ1) is 8.52. The van der Waals surface area contributed by atoms with E-state index in [1.165, 1.54) is 6.07 Å². The van der Waals surface area contributed by atoms with Crippen LogP contribution < -0.4 is 0 Å². The number of benzene rings is 1. The van der Waals surface area contributed by atoms with E-state index in [9.17, 15) is 15.2 Å². The van der Waals surface area contributed by atoms with Gasteiger partial charge >= 0.3 is 0 Å². The van der Waals surface area contributed by atoms with Crippen molar-refractivity contribution in [3.63, 3.8) is 0 Å². The molecule has 64 valence electrons. The highest BCUT2D eigenvalue weighted by atomic mass is 16.6. The number of hydrogen-bond acceptors (Lipinski definition) is 3. The fraction of sp³-hybridized carbons (Fsp3) is 0.250. The van der Waals surface area contributed by atoms with Crippen LogP contribution in [0.25, 0.3) is 0 Å². The Labute approximate surface area is 69.6 Å². The quantitative estimate of drug-likeness (QED) is 0.513. The predicted octanol–water partition coefficient (Wildman–Crippen LogP) is 1.92. The van der Waals surface area contributed by atoms with Crippen molar-refractivity contribution >= 4 is 5.69 Å². The van der Waals surface area contributed by atoms with E-state index in [-0.39, 0.29) is 11.4 Å². The molecule has 4 heteroatoms. The van der Waals surface area contributed by atoms with E-state index < -0.39 is 4.92 Å². The number of aryl methyl sites for hydroxylation is 1. The first-order valence-electron chi connectivity index (χ1n) is 3.47. The average Bonchev–Trinajstić information content (AvgIpc) is 1.99. The summed E-state index contributed by atoms with van der Waals surface area (Å²) in [5.41, 5.74) is 1.33. The molecule has 1 rings (SSSR count). The molecule has 0 bridgehead atoms. The van der Waals surface area contributed by atoms with E-state index in [4.69, 9.17) is 0 Å². The molecule has 0 aliphatic heterocycles. The van der Waals surface area contributed by atoms with Gasteiger partial charge in [-0.25, -0.2) is 0 Å². The molecule has 1 aromatic carbocycles. The molecular formula is C8H9NO3. The highest BCUT2D eigenvalue weighted by molar-refractivity contribution is 5.47. The minimum absolute atomic E-state index is 0.0262. The highest BCUT2D eigenvalue weighted by Gasteiger charge is 2.10. The summed E-state index contributed by atoms with van der Waals surface area (Å²) >= 11 is 0. The fourth-order valence-electron chi connectivity index (χ4n) is 0.927. The third-order valence-corrected chi connectivity index (χ3v) is 1.84. The lowest BCUT2D eigenvalue weighted by atomic mass is 10.1. The van der Waals surface area contributed by atoms with Crippen molar-refractivity contribution in [3.05, 3.63) is 33.4 Å². The van der Waals surface area contributed by atoms with Crippen molar-refractivity contribution in [1.29, 1.82) is 0 Å². The van der Waals surface area contributed by atoms with Gasteiger partial charge < -0.3 is 5.11 Å². The summed E-state index contributed by atoms with van der Waals surface area (Å²) in [6.45, 7) is 3.44. The van der Waals surface area contributed by atoms with Crippen LogP contribution >= 0.6 is 0 Å². The molecule has 0 atom stereocenters. The maximum absolute atomic E-state index is 10.3. The van der Waals surface area contributed by atoms with Crippen LogP contribution in [0.1, 0.15) is 11.1 Å². The number of hydrogen-bond donors (Lipinski definition) is 1. The van der Waals surface area contributed by atoms with E-state index >= 15 is 0 Å². The first-order chi connectivity index (χ1) is 5.52.